The zero-order chi connectivity index (χ0) is 17.1. The largest absolute Gasteiger partial charge is 0.393 e. The standard InChI is InChI=1S/C18H20ClN3O2/c1-12-10-14(11-20-17(12)19)21-18(24)13-2-4-15(5-3-13)22-8-6-16(23)7-9-22/h2-5,10-11,16,23H,6-9H2,1H3,(H,21,24). The minimum atomic E-state index is -0.192. The Morgan fingerprint density at radius 1 is 1.29 bits per heavy atom. The van der Waals surface area contributed by atoms with Gasteiger partial charge in [-0.2, -0.15) is 0 Å². The fraction of sp³-hybridized carbons (Fsp3) is 0.333. The van der Waals surface area contributed by atoms with Crippen molar-refractivity contribution in [2.45, 2.75) is 25.9 Å². The van der Waals surface area contributed by atoms with Crippen LogP contribution >= 0.6 is 11.6 Å². The summed E-state index contributed by atoms with van der Waals surface area (Å²) in [6, 6.07) is 9.30. The number of carbonyl (C=O) groups excluding carboxylic acids is 1. The van der Waals surface area contributed by atoms with Gasteiger partial charge in [0.15, 0.2) is 0 Å². The number of carbonyl (C=O) groups is 1. The van der Waals surface area contributed by atoms with Crippen LogP contribution in [-0.4, -0.2) is 35.2 Å². The molecule has 1 aliphatic rings. The van der Waals surface area contributed by atoms with E-state index in [1.807, 2.05) is 31.2 Å². The minimum Gasteiger partial charge on any atom is -0.393 e. The van der Waals surface area contributed by atoms with Gasteiger partial charge in [-0.25, -0.2) is 4.98 Å². The number of anilines is 2. The van der Waals surface area contributed by atoms with Gasteiger partial charge >= 0.3 is 0 Å². The van der Waals surface area contributed by atoms with Crippen LogP contribution in [0.2, 0.25) is 5.15 Å². The van der Waals surface area contributed by atoms with Crippen LogP contribution in [0.1, 0.15) is 28.8 Å². The average molecular weight is 346 g/mol. The van der Waals surface area contributed by atoms with Crippen molar-refractivity contribution in [2.75, 3.05) is 23.3 Å². The second-order valence-electron chi connectivity index (χ2n) is 6.05. The van der Waals surface area contributed by atoms with E-state index in [0.717, 1.165) is 37.2 Å². The molecule has 0 atom stereocenters. The fourth-order valence-electron chi connectivity index (χ4n) is 2.78. The van der Waals surface area contributed by atoms with Gasteiger partial charge < -0.3 is 15.3 Å². The van der Waals surface area contributed by atoms with E-state index in [9.17, 15) is 9.90 Å². The molecule has 2 aromatic rings. The number of aryl methyl sites for hydroxylation is 1. The molecule has 1 aromatic heterocycles. The number of rotatable bonds is 3. The zero-order valence-electron chi connectivity index (χ0n) is 13.5. The number of benzene rings is 1. The predicted molar refractivity (Wildman–Crippen MR) is 95.8 cm³/mol. The van der Waals surface area contributed by atoms with Crippen molar-refractivity contribution in [1.82, 2.24) is 4.98 Å². The van der Waals surface area contributed by atoms with E-state index in [-0.39, 0.29) is 12.0 Å². The van der Waals surface area contributed by atoms with Crippen molar-refractivity contribution in [3.8, 4) is 0 Å². The van der Waals surface area contributed by atoms with Crippen LogP contribution in [0.3, 0.4) is 0 Å². The molecule has 24 heavy (non-hydrogen) atoms. The van der Waals surface area contributed by atoms with E-state index in [0.29, 0.717) is 16.4 Å². The Hall–Kier alpha value is -2.11. The number of aliphatic hydroxyl groups excluding tert-OH is 1. The monoisotopic (exact) mass is 345 g/mol. The highest BCUT2D eigenvalue weighted by Crippen LogP contribution is 2.21. The lowest BCUT2D eigenvalue weighted by Crippen LogP contribution is -2.35. The van der Waals surface area contributed by atoms with E-state index in [1.54, 1.807) is 12.3 Å². The van der Waals surface area contributed by atoms with E-state index in [4.69, 9.17) is 11.6 Å². The first-order valence-electron chi connectivity index (χ1n) is 7.99. The molecule has 1 fully saturated rings. The van der Waals surface area contributed by atoms with Crippen LogP contribution in [0.5, 0.6) is 0 Å². The smallest absolute Gasteiger partial charge is 0.255 e. The van der Waals surface area contributed by atoms with Crippen molar-refractivity contribution in [2.24, 2.45) is 0 Å². The molecule has 1 aliphatic heterocycles. The van der Waals surface area contributed by atoms with Crippen LogP contribution in [0.25, 0.3) is 0 Å². The molecule has 0 unspecified atom stereocenters. The topological polar surface area (TPSA) is 65.5 Å². The molecule has 2 heterocycles. The zero-order valence-corrected chi connectivity index (χ0v) is 14.3. The van der Waals surface area contributed by atoms with E-state index >= 15 is 0 Å². The molecular formula is C18H20ClN3O2. The minimum absolute atomic E-state index is 0.181. The molecule has 126 valence electrons. The highest BCUT2D eigenvalue weighted by molar-refractivity contribution is 6.30. The Balaban J connectivity index is 1.66. The molecule has 3 rings (SSSR count). The van der Waals surface area contributed by atoms with Gasteiger partial charge in [0.2, 0.25) is 0 Å². The lowest BCUT2D eigenvalue weighted by Gasteiger charge is -2.31. The molecule has 0 spiro atoms. The summed E-state index contributed by atoms with van der Waals surface area (Å²) in [5.41, 5.74) is 3.10. The number of piperidine rings is 1. The van der Waals surface area contributed by atoms with Crippen LogP contribution in [0.15, 0.2) is 36.5 Å². The maximum atomic E-state index is 12.3. The Morgan fingerprint density at radius 3 is 2.58 bits per heavy atom. The van der Waals surface area contributed by atoms with Gasteiger partial charge in [-0.05, 0) is 55.7 Å². The highest BCUT2D eigenvalue weighted by Gasteiger charge is 2.17. The molecule has 0 bridgehead atoms. The molecule has 1 amide bonds. The number of aliphatic hydroxyl groups is 1. The number of halogens is 1. The van der Waals surface area contributed by atoms with Crippen molar-refractivity contribution in [1.29, 1.82) is 0 Å². The first kappa shape index (κ1) is 16.7. The Bertz CT molecular complexity index is 726. The maximum absolute atomic E-state index is 12.3. The molecule has 2 N–H and O–H groups in total. The lowest BCUT2D eigenvalue weighted by molar-refractivity contribution is 0.102. The third-order valence-corrected chi connectivity index (χ3v) is 4.63. The van der Waals surface area contributed by atoms with Gasteiger partial charge in [0, 0.05) is 24.3 Å². The van der Waals surface area contributed by atoms with Crippen LogP contribution < -0.4 is 10.2 Å². The number of amides is 1. The number of hydrogen-bond acceptors (Lipinski definition) is 4. The lowest BCUT2D eigenvalue weighted by atomic mass is 10.1. The highest BCUT2D eigenvalue weighted by atomic mass is 35.5. The van der Waals surface area contributed by atoms with Gasteiger partial charge in [-0.3, -0.25) is 4.79 Å². The summed E-state index contributed by atoms with van der Waals surface area (Å²) in [6.07, 6.45) is 2.92. The average Bonchev–Trinajstić information content (AvgIpc) is 2.59. The quantitative estimate of drug-likeness (QED) is 0.838. The van der Waals surface area contributed by atoms with Crippen molar-refractivity contribution in [3.63, 3.8) is 0 Å². The second-order valence-corrected chi connectivity index (χ2v) is 6.41. The number of hydrogen-bond donors (Lipinski definition) is 2. The number of nitrogens with one attached hydrogen (secondary N) is 1. The maximum Gasteiger partial charge on any atom is 0.255 e. The second kappa shape index (κ2) is 7.20. The van der Waals surface area contributed by atoms with Crippen LogP contribution in [0, 0.1) is 6.92 Å². The third-order valence-electron chi connectivity index (χ3n) is 4.23. The SMILES string of the molecule is Cc1cc(NC(=O)c2ccc(N3CCC(O)CC3)cc2)cnc1Cl. The first-order valence-corrected chi connectivity index (χ1v) is 8.37. The Labute approximate surface area is 146 Å². The summed E-state index contributed by atoms with van der Waals surface area (Å²) in [5, 5.41) is 12.8. The van der Waals surface area contributed by atoms with Gasteiger partial charge in [-0.15, -0.1) is 0 Å². The molecule has 1 saturated heterocycles. The molecule has 0 radical (unpaired) electrons. The van der Waals surface area contributed by atoms with Gasteiger partial charge in [-0.1, -0.05) is 11.6 Å². The van der Waals surface area contributed by atoms with Crippen LogP contribution in [0.4, 0.5) is 11.4 Å². The summed E-state index contributed by atoms with van der Waals surface area (Å²) in [7, 11) is 0. The fourth-order valence-corrected chi connectivity index (χ4v) is 2.88. The summed E-state index contributed by atoms with van der Waals surface area (Å²) < 4.78 is 0. The Morgan fingerprint density at radius 2 is 1.96 bits per heavy atom. The van der Waals surface area contributed by atoms with Crippen molar-refractivity contribution < 1.29 is 9.90 Å². The van der Waals surface area contributed by atoms with E-state index in [2.05, 4.69) is 15.2 Å². The summed E-state index contributed by atoms with van der Waals surface area (Å²) in [5.74, 6) is -0.181. The molecule has 6 heteroatoms. The third kappa shape index (κ3) is 3.86. The summed E-state index contributed by atoms with van der Waals surface area (Å²) in [4.78, 5) is 18.6. The van der Waals surface area contributed by atoms with Crippen molar-refractivity contribution >= 4 is 28.9 Å². The Kier molecular flexibility index (Phi) is 5.02. The molecule has 5 nitrogen and oxygen atoms in total. The van der Waals surface area contributed by atoms with E-state index in [1.165, 1.54) is 0 Å². The van der Waals surface area contributed by atoms with Gasteiger partial charge in [0.1, 0.15) is 5.15 Å². The number of nitrogens with zero attached hydrogens (tertiary/aromatic N) is 2. The molecule has 1 aromatic carbocycles. The van der Waals surface area contributed by atoms with Crippen LogP contribution in [-0.2, 0) is 0 Å². The molecule has 0 aliphatic carbocycles. The predicted octanol–water partition coefficient (Wildman–Crippen LogP) is 3.26. The van der Waals surface area contributed by atoms with Gasteiger partial charge in [0.05, 0.1) is 18.0 Å². The van der Waals surface area contributed by atoms with E-state index < -0.39 is 0 Å². The molecule has 0 saturated carbocycles. The number of aromatic nitrogens is 1. The molecular weight excluding hydrogens is 326 g/mol. The number of pyridine rings is 1. The summed E-state index contributed by atoms with van der Waals surface area (Å²) in [6.45, 7) is 3.51. The van der Waals surface area contributed by atoms with Gasteiger partial charge in [0.25, 0.3) is 5.91 Å². The van der Waals surface area contributed by atoms with Crippen molar-refractivity contribution in [3.05, 3.63) is 52.8 Å². The normalized spacial score (nSPS) is 15.4. The first-order chi connectivity index (χ1) is 11.5. The summed E-state index contributed by atoms with van der Waals surface area (Å²) >= 11 is 5.89.